The van der Waals surface area contributed by atoms with Crippen LogP contribution in [0.3, 0.4) is 0 Å². The largest absolute Gasteiger partial charge is 0.333 e. The molecule has 4 heterocycles. The van der Waals surface area contributed by atoms with Crippen LogP contribution in [-0.2, 0) is 16.4 Å². The van der Waals surface area contributed by atoms with Crippen LogP contribution in [0.15, 0.2) is 64.4 Å². The fraction of sp³-hybridized carbons (Fsp3) is 0.200. The molecule has 2 aliphatic heterocycles. The number of carbonyl (C=O) groups is 2. The van der Waals surface area contributed by atoms with Crippen molar-refractivity contribution < 1.29 is 18.0 Å². The third-order valence-electron chi connectivity index (χ3n) is 5.25. The van der Waals surface area contributed by atoms with Crippen molar-refractivity contribution in [1.29, 1.82) is 0 Å². The van der Waals surface area contributed by atoms with Crippen molar-refractivity contribution in [3.8, 4) is 5.13 Å². The molecule has 2 aromatic heterocycles. The van der Waals surface area contributed by atoms with Crippen molar-refractivity contribution in [3.63, 3.8) is 0 Å². The van der Waals surface area contributed by atoms with Gasteiger partial charge in [0.25, 0.3) is 5.91 Å². The Bertz CT molecular complexity index is 1340. The summed E-state index contributed by atoms with van der Waals surface area (Å²) < 4.78 is 27.9. The van der Waals surface area contributed by atoms with Gasteiger partial charge in [0.05, 0.1) is 34.2 Å². The van der Waals surface area contributed by atoms with Gasteiger partial charge in [-0.25, -0.2) is 22.9 Å². The van der Waals surface area contributed by atoms with E-state index in [1.807, 2.05) is 0 Å². The number of benzene rings is 1. The molecule has 3 amide bonds. The van der Waals surface area contributed by atoms with Gasteiger partial charge in [-0.3, -0.25) is 4.79 Å². The highest BCUT2D eigenvalue weighted by Gasteiger charge is 2.36. The first-order valence-corrected chi connectivity index (χ1v) is 12.1. The van der Waals surface area contributed by atoms with Gasteiger partial charge < -0.3 is 15.5 Å². The number of hydrogen-bond donors (Lipinski definition) is 2. The SMILES string of the molecule is O=C1NC2=C(CCN(C(=O)NCc3cnc(-n4cccn4)s3)C2)S(=O)(=O)c2ccccc21. The van der Waals surface area contributed by atoms with Gasteiger partial charge in [0.2, 0.25) is 15.0 Å². The third-order valence-corrected chi connectivity index (χ3v) is 8.27. The molecule has 10 nitrogen and oxygen atoms in total. The zero-order valence-electron chi connectivity index (χ0n) is 16.7. The molecular formula is C20H18N6O4S2. The van der Waals surface area contributed by atoms with Gasteiger partial charge in [-0.1, -0.05) is 23.5 Å². The number of sulfone groups is 1. The summed E-state index contributed by atoms with van der Waals surface area (Å²) >= 11 is 1.40. The Kier molecular flexibility index (Phi) is 5.02. The molecule has 5 rings (SSSR count). The number of fused-ring (bicyclic) bond motifs is 1. The first kappa shape index (κ1) is 20.4. The molecule has 0 saturated carbocycles. The Morgan fingerprint density at radius 3 is 2.91 bits per heavy atom. The van der Waals surface area contributed by atoms with Crippen molar-refractivity contribution in [2.75, 3.05) is 13.1 Å². The molecule has 0 unspecified atom stereocenters. The summed E-state index contributed by atoms with van der Waals surface area (Å²) in [6.07, 6.45) is 5.25. The van der Waals surface area contributed by atoms with Gasteiger partial charge in [-0.05, 0) is 18.2 Å². The minimum Gasteiger partial charge on any atom is -0.333 e. The van der Waals surface area contributed by atoms with Crippen LogP contribution >= 0.6 is 11.3 Å². The van der Waals surface area contributed by atoms with E-state index < -0.39 is 15.7 Å². The predicted octanol–water partition coefficient (Wildman–Crippen LogP) is 1.67. The van der Waals surface area contributed by atoms with Crippen LogP contribution < -0.4 is 10.6 Å². The van der Waals surface area contributed by atoms with Crippen molar-refractivity contribution in [1.82, 2.24) is 30.3 Å². The Hall–Kier alpha value is -3.51. The number of urea groups is 1. The van der Waals surface area contributed by atoms with E-state index in [9.17, 15) is 18.0 Å². The lowest BCUT2D eigenvalue weighted by Gasteiger charge is -2.29. The van der Waals surface area contributed by atoms with Crippen LogP contribution in [-0.4, -0.2) is 53.1 Å². The summed E-state index contributed by atoms with van der Waals surface area (Å²) in [5.41, 5.74) is 0.349. The van der Waals surface area contributed by atoms with E-state index in [1.54, 1.807) is 41.5 Å². The lowest BCUT2D eigenvalue weighted by Crippen LogP contribution is -2.46. The molecule has 0 radical (unpaired) electrons. The van der Waals surface area contributed by atoms with E-state index in [4.69, 9.17) is 0 Å². The second-order valence-corrected chi connectivity index (χ2v) is 10.3. The number of carbonyl (C=O) groups excluding carboxylic acids is 2. The number of thiazole rings is 1. The monoisotopic (exact) mass is 470 g/mol. The standard InChI is InChI=1S/C20H18N6O4S2/c27-18-14-4-1-2-5-16(14)32(29,30)17-6-9-25(12-15(17)24-18)19(28)21-10-13-11-22-20(31-13)26-8-3-7-23-26/h1-5,7-8,11H,6,9-10,12H2,(H,21,28)(H,24,27). The first-order chi connectivity index (χ1) is 15.4. The Morgan fingerprint density at radius 1 is 1.25 bits per heavy atom. The molecule has 1 aromatic carbocycles. The molecule has 12 heteroatoms. The number of nitrogens with zero attached hydrogens (tertiary/aromatic N) is 4. The van der Waals surface area contributed by atoms with Gasteiger partial charge in [0.15, 0.2) is 0 Å². The van der Waals surface area contributed by atoms with Crippen molar-refractivity contribution in [3.05, 3.63) is 70.0 Å². The first-order valence-electron chi connectivity index (χ1n) is 9.78. The lowest BCUT2D eigenvalue weighted by molar-refractivity contribution is 0.0958. The molecule has 0 spiro atoms. The highest BCUT2D eigenvalue weighted by Crippen LogP contribution is 2.32. The molecule has 0 atom stereocenters. The lowest BCUT2D eigenvalue weighted by atomic mass is 10.2. The number of amides is 3. The molecule has 3 aromatic rings. The summed E-state index contributed by atoms with van der Waals surface area (Å²) in [6.45, 7) is 0.501. The molecule has 0 aliphatic carbocycles. The number of hydrogen-bond acceptors (Lipinski definition) is 7. The fourth-order valence-electron chi connectivity index (χ4n) is 3.69. The molecule has 2 N–H and O–H groups in total. The molecule has 2 aliphatic rings. The van der Waals surface area contributed by atoms with E-state index in [2.05, 4.69) is 20.7 Å². The third kappa shape index (κ3) is 3.56. The quantitative estimate of drug-likeness (QED) is 0.600. The second-order valence-electron chi connectivity index (χ2n) is 7.25. The minimum atomic E-state index is -3.81. The summed E-state index contributed by atoms with van der Waals surface area (Å²) in [5, 5.41) is 10.3. The molecule has 32 heavy (non-hydrogen) atoms. The topological polar surface area (TPSA) is 126 Å². The fourth-order valence-corrected chi connectivity index (χ4v) is 6.26. The average Bonchev–Trinajstić information content (AvgIpc) is 3.47. The normalized spacial score (nSPS) is 17.2. The van der Waals surface area contributed by atoms with Crippen molar-refractivity contribution in [2.24, 2.45) is 0 Å². The molecule has 0 fully saturated rings. The number of rotatable bonds is 3. The van der Waals surface area contributed by atoms with Crippen LogP contribution in [0.25, 0.3) is 5.13 Å². The van der Waals surface area contributed by atoms with Gasteiger partial charge >= 0.3 is 6.03 Å². The molecule has 0 saturated heterocycles. The average molecular weight is 471 g/mol. The van der Waals surface area contributed by atoms with Crippen LogP contribution in [0.2, 0.25) is 0 Å². The van der Waals surface area contributed by atoms with Crippen LogP contribution in [0.1, 0.15) is 21.7 Å². The van der Waals surface area contributed by atoms with Gasteiger partial charge in [0.1, 0.15) is 0 Å². The Balaban J connectivity index is 1.30. The van der Waals surface area contributed by atoms with Crippen molar-refractivity contribution >= 4 is 33.1 Å². The summed E-state index contributed by atoms with van der Waals surface area (Å²) in [4.78, 5) is 32.1. The molecule has 164 valence electrons. The van der Waals surface area contributed by atoms with Crippen LogP contribution in [0.5, 0.6) is 0 Å². The van der Waals surface area contributed by atoms with E-state index in [0.29, 0.717) is 5.13 Å². The second kappa shape index (κ2) is 7.88. The van der Waals surface area contributed by atoms with Gasteiger partial charge in [-0.15, -0.1) is 0 Å². The predicted molar refractivity (Wildman–Crippen MR) is 116 cm³/mol. The van der Waals surface area contributed by atoms with Crippen LogP contribution in [0, 0.1) is 0 Å². The smallest absolute Gasteiger partial charge is 0.318 e. The number of aromatic nitrogens is 3. The van der Waals surface area contributed by atoms with E-state index >= 15 is 0 Å². The zero-order chi connectivity index (χ0) is 22.3. The summed E-state index contributed by atoms with van der Waals surface area (Å²) in [5.74, 6) is -0.493. The van der Waals surface area contributed by atoms with Gasteiger partial charge in [-0.2, -0.15) is 5.10 Å². The Labute approximate surface area is 187 Å². The summed E-state index contributed by atoms with van der Waals surface area (Å²) in [6, 6.07) is 7.58. The van der Waals surface area contributed by atoms with E-state index in [-0.39, 0.29) is 53.1 Å². The van der Waals surface area contributed by atoms with E-state index in [0.717, 1.165) is 4.88 Å². The van der Waals surface area contributed by atoms with Gasteiger partial charge in [0, 0.05) is 36.4 Å². The zero-order valence-corrected chi connectivity index (χ0v) is 18.3. The maximum atomic E-state index is 13.1. The maximum absolute atomic E-state index is 13.1. The number of nitrogens with one attached hydrogen (secondary N) is 2. The highest BCUT2D eigenvalue weighted by molar-refractivity contribution is 7.95. The van der Waals surface area contributed by atoms with E-state index in [1.165, 1.54) is 28.4 Å². The minimum absolute atomic E-state index is 0.00131. The maximum Gasteiger partial charge on any atom is 0.318 e. The molecular weight excluding hydrogens is 452 g/mol. The van der Waals surface area contributed by atoms with Crippen molar-refractivity contribution in [2.45, 2.75) is 17.9 Å². The van der Waals surface area contributed by atoms with Crippen LogP contribution in [0.4, 0.5) is 4.79 Å². The highest BCUT2D eigenvalue weighted by atomic mass is 32.2. The molecule has 0 bridgehead atoms. The Morgan fingerprint density at radius 2 is 2.09 bits per heavy atom. The summed E-state index contributed by atoms with van der Waals surface area (Å²) in [7, 11) is -3.81.